The van der Waals surface area contributed by atoms with Gasteiger partial charge in [0.2, 0.25) is 0 Å². The number of hydrogen-bond acceptors (Lipinski definition) is 5. The summed E-state index contributed by atoms with van der Waals surface area (Å²) in [6.45, 7) is 3.69. The average molecular weight is 594 g/mol. The monoisotopic (exact) mass is 592 g/mol. The number of nitrogens with zero attached hydrogens (tertiary/aromatic N) is 4. The zero-order chi connectivity index (χ0) is 22.4. The Bertz CT molecular complexity index is 881. The maximum atomic E-state index is 5.60. The van der Waals surface area contributed by atoms with Gasteiger partial charge in [-0.3, -0.25) is 9.97 Å². The quantitative estimate of drug-likeness (QED) is 0.383. The Morgan fingerprint density at radius 2 is 1.65 bits per heavy atom. The van der Waals surface area contributed by atoms with Crippen molar-refractivity contribution in [2.75, 3.05) is 24.5 Å². The molecule has 0 aliphatic carbocycles. The van der Waals surface area contributed by atoms with Gasteiger partial charge in [-0.15, -0.1) is 17.0 Å². The minimum absolute atomic E-state index is 0. The number of pyridine rings is 3. The summed E-state index contributed by atoms with van der Waals surface area (Å²) < 4.78 is 2.14. The van der Waals surface area contributed by atoms with Crippen LogP contribution in [-0.4, -0.2) is 35.6 Å². The van der Waals surface area contributed by atoms with E-state index < -0.39 is 0 Å². The van der Waals surface area contributed by atoms with Crippen LogP contribution in [-0.2, 0) is 6.54 Å². The molecule has 1 aliphatic heterocycles. The maximum Gasteiger partial charge on any atom is 0.169 e. The van der Waals surface area contributed by atoms with E-state index in [0.717, 1.165) is 43.7 Å². The molecule has 1 fully saturated rings. The molecule has 0 spiro atoms. The third-order valence-electron chi connectivity index (χ3n) is 5.84. The number of anilines is 1. The number of rotatable bonds is 8. The molecule has 1 unspecified atom stereocenters. The highest BCUT2D eigenvalue weighted by Crippen LogP contribution is 2.26. The van der Waals surface area contributed by atoms with Gasteiger partial charge in [0.05, 0.1) is 5.69 Å². The van der Waals surface area contributed by atoms with Gasteiger partial charge in [-0.1, -0.05) is 6.07 Å². The lowest BCUT2D eigenvalue weighted by atomic mass is 9.97. The van der Waals surface area contributed by atoms with Crippen molar-refractivity contribution >= 4 is 22.7 Å². The highest BCUT2D eigenvalue weighted by molar-refractivity contribution is 8.93. The third-order valence-corrected chi connectivity index (χ3v) is 5.84. The molecule has 6 nitrogen and oxygen atoms in total. The zero-order valence-corrected chi connectivity index (χ0v) is 23.1. The lowest BCUT2D eigenvalue weighted by Gasteiger charge is -2.37. The average Bonchev–Trinajstić information content (AvgIpc) is 2.88. The van der Waals surface area contributed by atoms with Crippen LogP contribution in [0.4, 0.5) is 5.69 Å². The van der Waals surface area contributed by atoms with Gasteiger partial charge in [0.25, 0.3) is 0 Å². The van der Waals surface area contributed by atoms with E-state index in [1.807, 2.05) is 36.8 Å². The summed E-state index contributed by atoms with van der Waals surface area (Å²) in [7, 11) is 0. The first-order valence-corrected chi connectivity index (χ1v) is 11.8. The fraction of sp³-hybridized carbons (Fsp3) is 0.423. The Morgan fingerprint density at radius 3 is 2.29 bits per heavy atom. The predicted octanol–water partition coefficient (Wildman–Crippen LogP) is 1.15. The fourth-order valence-corrected chi connectivity index (χ4v) is 4.11. The first-order valence-electron chi connectivity index (χ1n) is 11.8. The highest BCUT2D eigenvalue weighted by Gasteiger charge is 2.21. The van der Waals surface area contributed by atoms with Crippen molar-refractivity contribution in [1.82, 2.24) is 9.97 Å². The topological polar surface area (TPSA) is 84.9 Å². The van der Waals surface area contributed by atoms with Gasteiger partial charge in [0, 0.05) is 61.0 Å². The van der Waals surface area contributed by atoms with Crippen molar-refractivity contribution < 1.29 is 21.5 Å². The summed E-state index contributed by atoms with van der Waals surface area (Å²) in [4.78, 5) is 10.9. The Labute approximate surface area is 225 Å². The Kier molecular flexibility index (Phi) is 15.6. The molecule has 0 saturated carbocycles. The summed E-state index contributed by atoms with van der Waals surface area (Å²) >= 11 is 0. The van der Waals surface area contributed by atoms with Gasteiger partial charge < -0.3 is 33.3 Å². The first-order chi connectivity index (χ1) is 15.8. The van der Waals surface area contributed by atoms with Crippen LogP contribution in [0.1, 0.15) is 38.5 Å². The number of piperidine rings is 1. The van der Waals surface area contributed by atoms with Crippen LogP contribution < -0.4 is 37.9 Å². The number of aromatic nitrogens is 3. The predicted molar refractivity (Wildman–Crippen MR) is 141 cm³/mol. The summed E-state index contributed by atoms with van der Waals surface area (Å²) in [5, 5.41) is 0. The molecule has 4 heterocycles. The standard InChI is InChI=1S/C13H16N3.C13H21N3.2BrH/c14-7-3-9-16-10-5-12(6-11-16)13-4-1-2-8-15-13;14-8-3-5-12-4-1-2-11-16(12)13-6-9-15-10-7-13;;/h1-2,4-6,8,10-11H,3,7,9,14H2;6-7,9-10,12H,1-5,8,11,14H2;2*1H/q+1;;;/p-1. The second-order valence-electron chi connectivity index (χ2n) is 8.16. The molecule has 4 rings (SSSR count). The second-order valence-corrected chi connectivity index (χ2v) is 8.16. The molecule has 0 aromatic carbocycles. The van der Waals surface area contributed by atoms with E-state index in [4.69, 9.17) is 11.5 Å². The van der Waals surface area contributed by atoms with E-state index in [0.29, 0.717) is 6.04 Å². The molecule has 3 aromatic rings. The molecule has 0 bridgehead atoms. The number of hydrogen-bond donors (Lipinski definition) is 2. The van der Waals surface area contributed by atoms with Crippen molar-refractivity contribution in [1.29, 1.82) is 0 Å². The van der Waals surface area contributed by atoms with Gasteiger partial charge >= 0.3 is 0 Å². The number of halogens is 2. The van der Waals surface area contributed by atoms with E-state index in [-0.39, 0.29) is 34.0 Å². The van der Waals surface area contributed by atoms with Gasteiger partial charge in [0.1, 0.15) is 6.54 Å². The summed E-state index contributed by atoms with van der Waals surface area (Å²) in [6, 6.07) is 15.0. The first kappa shape index (κ1) is 30.2. The van der Waals surface area contributed by atoms with Crippen molar-refractivity contribution in [2.24, 2.45) is 11.5 Å². The van der Waals surface area contributed by atoms with Crippen LogP contribution in [0.25, 0.3) is 11.3 Å². The Balaban J connectivity index is 0.000000321. The van der Waals surface area contributed by atoms with E-state index in [1.54, 1.807) is 0 Å². The Morgan fingerprint density at radius 1 is 0.912 bits per heavy atom. The van der Waals surface area contributed by atoms with Crippen molar-refractivity contribution in [3.05, 3.63) is 73.4 Å². The molecule has 1 saturated heterocycles. The van der Waals surface area contributed by atoms with Gasteiger partial charge in [0.15, 0.2) is 12.4 Å². The van der Waals surface area contributed by atoms with E-state index in [2.05, 4.69) is 56.1 Å². The molecule has 186 valence electrons. The molecule has 4 N–H and O–H groups in total. The molecule has 3 aromatic heterocycles. The summed E-state index contributed by atoms with van der Waals surface area (Å²) in [5.41, 5.74) is 14.5. The van der Waals surface area contributed by atoms with Gasteiger partial charge in [-0.05, 0) is 69.5 Å². The number of aryl methyl sites for hydroxylation is 1. The van der Waals surface area contributed by atoms with Crippen LogP contribution in [0, 0.1) is 0 Å². The molecule has 1 aliphatic rings. The molecule has 0 amide bonds. The summed E-state index contributed by atoms with van der Waals surface area (Å²) in [5.74, 6) is 0. The maximum absolute atomic E-state index is 5.60. The van der Waals surface area contributed by atoms with Crippen LogP contribution in [0.15, 0.2) is 73.4 Å². The van der Waals surface area contributed by atoms with E-state index in [9.17, 15) is 0 Å². The van der Waals surface area contributed by atoms with Crippen molar-refractivity contribution in [3.8, 4) is 11.3 Å². The second kappa shape index (κ2) is 17.5. The van der Waals surface area contributed by atoms with Crippen LogP contribution in [0.2, 0.25) is 0 Å². The lowest BCUT2D eigenvalue weighted by molar-refractivity contribution is -0.697. The van der Waals surface area contributed by atoms with E-state index in [1.165, 1.54) is 37.9 Å². The molecular formula is C26H38Br2N6. The summed E-state index contributed by atoms with van der Waals surface area (Å²) in [6.07, 6.45) is 17.0. The SMILES string of the molecule is Br.NCCCC1CCCCN1c1ccncc1.NCCC[n+]1ccc(-c2ccccn2)cc1.[Br-]. The number of nitrogens with two attached hydrogens (primary N) is 2. The zero-order valence-electron chi connectivity index (χ0n) is 19.8. The van der Waals surface area contributed by atoms with Crippen LogP contribution in [0.3, 0.4) is 0 Å². The van der Waals surface area contributed by atoms with E-state index >= 15 is 0 Å². The molecule has 8 heteroatoms. The Hall–Kier alpha value is -1.87. The highest BCUT2D eigenvalue weighted by atomic mass is 79.9. The van der Waals surface area contributed by atoms with Crippen molar-refractivity contribution in [3.63, 3.8) is 0 Å². The molecule has 34 heavy (non-hydrogen) atoms. The minimum Gasteiger partial charge on any atom is -1.00 e. The van der Waals surface area contributed by atoms with Crippen LogP contribution in [0.5, 0.6) is 0 Å². The normalized spacial score (nSPS) is 14.8. The third kappa shape index (κ3) is 9.78. The van der Waals surface area contributed by atoms with Crippen LogP contribution >= 0.6 is 17.0 Å². The smallest absolute Gasteiger partial charge is 0.169 e. The molecular weight excluding hydrogens is 556 g/mol. The fourth-order valence-electron chi connectivity index (χ4n) is 4.11. The minimum atomic E-state index is 0. The molecule has 0 radical (unpaired) electrons. The van der Waals surface area contributed by atoms with Crippen molar-refractivity contribution in [2.45, 2.75) is 51.1 Å². The van der Waals surface area contributed by atoms with Gasteiger partial charge in [-0.25, -0.2) is 4.57 Å². The largest absolute Gasteiger partial charge is 1.00 e. The van der Waals surface area contributed by atoms with Gasteiger partial charge in [-0.2, -0.15) is 0 Å². The molecule has 1 atom stereocenters. The lowest BCUT2D eigenvalue weighted by Crippen LogP contribution is -3.00.